The normalized spacial score (nSPS) is 13.3. The van der Waals surface area contributed by atoms with Crippen LogP contribution in [0, 0.1) is 0 Å². The number of rotatable bonds is 6. The largest absolute Gasteiger partial charge is 0.495 e. The molecule has 1 aliphatic rings. The number of carbonyl (C=O) groups excluding carboxylic acids is 1. The van der Waals surface area contributed by atoms with E-state index in [2.05, 4.69) is 20.8 Å². The minimum absolute atomic E-state index is 0.206. The van der Waals surface area contributed by atoms with Crippen LogP contribution in [0.1, 0.15) is 23.3 Å². The van der Waals surface area contributed by atoms with Crippen molar-refractivity contribution in [2.75, 3.05) is 19.5 Å². The lowest BCUT2D eigenvalue weighted by atomic mass is 10.2. The van der Waals surface area contributed by atoms with Gasteiger partial charge in [0.2, 0.25) is 0 Å². The van der Waals surface area contributed by atoms with Crippen LogP contribution in [0.15, 0.2) is 24.3 Å². The van der Waals surface area contributed by atoms with E-state index in [4.69, 9.17) is 21.1 Å². The standard InChI is InChI=1S/C16H17ClN4O3/c1-23-13-8-12(14(24-2)7-10(13)17)19-15-6-5-11(20-21-15)16(22)18-9-3-4-9/h5-9H,3-4H2,1-2H3,(H,18,22)(H,19,21). The third-order valence-corrected chi connectivity index (χ3v) is 3.84. The van der Waals surface area contributed by atoms with Crippen LogP contribution in [0.5, 0.6) is 11.5 Å². The molecule has 1 fully saturated rings. The van der Waals surface area contributed by atoms with Crippen LogP contribution >= 0.6 is 11.6 Å². The molecule has 1 aromatic heterocycles. The van der Waals surface area contributed by atoms with Crippen molar-refractivity contribution in [3.63, 3.8) is 0 Å². The van der Waals surface area contributed by atoms with E-state index in [-0.39, 0.29) is 17.6 Å². The van der Waals surface area contributed by atoms with Crippen LogP contribution < -0.4 is 20.1 Å². The first-order valence-electron chi connectivity index (χ1n) is 7.44. The summed E-state index contributed by atoms with van der Waals surface area (Å²) in [6.07, 6.45) is 2.05. The molecule has 1 aliphatic carbocycles. The summed E-state index contributed by atoms with van der Waals surface area (Å²) in [7, 11) is 3.07. The summed E-state index contributed by atoms with van der Waals surface area (Å²) < 4.78 is 10.5. The zero-order valence-electron chi connectivity index (χ0n) is 13.3. The maximum atomic E-state index is 11.9. The third-order valence-electron chi connectivity index (χ3n) is 3.55. The monoisotopic (exact) mass is 348 g/mol. The zero-order valence-corrected chi connectivity index (χ0v) is 14.1. The fraction of sp³-hybridized carbons (Fsp3) is 0.312. The van der Waals surface area contributed by atoms with Gasteiger partial charge in [-0.2, -0.15) is 0 Å². The predicted octanol–water partition coefficient (Wildman–Crippen LogP) is 2.78. The van der Waals surface area contributed by atoms with Crippen molar-refractivity contribution in [3.8, 4) is 11.5 Å². The SMILES string of the molecule is COc1cc(Nc2ccc(C(=O)NC3CC3)nn2)c(OC)cc1Cl. The number of aromatic nitrogens is 2. The Morgan fingerprint density at radius 2 is 1.92 bits per heavy atom. The molecule has 0 atom stereocenters. The van der Waals surface area contributed by atoms with E-state index >= 15 is 0 Å². The van der Waals surface area contributed by atoms with Crippen molar-refractivity contribution >= 4 is 29.0 Å². The number of carbonyl (C=O) groups is 1. The van der Waals surface area contributed by atoms with Gasteiger partial charge in [-0.25, -0.2) is 0 Å². The molecular formula is C16H17ClN4O3. The topological polar surface area (TPSA) is 85.4 Å². The molecule has 0 bridgehead atoms. The van der Waals surface area contributed by atoms with Crippen molar-refractivity contribution < 1.29 is 14.3 Å². The summed E-state index contributed by atoms with van der Waals surface area (Å²) in [6.45, 7) is 0. The molecule has 0 saturated heterocycles. The lowest BCUT2D eigenvalue weighted by molar-refractivity contribution is 0.0945. The number of hydrogen-bond acceptors (Lipinski definition) is 6. The molecule has 8 heteroatoms. The van der Waals surface area contributed by atoms with E-state index in [1.807, 2.05) is 0 Å². The minimum Gasteiger partial charge on any atom is -0.495 e. The van der Waals surface area contributed by atoms with Crippen molar-refractivity contribution in [2.24, 2.45) is 0 Å². The van der Waals surface area contributed by atoms with Crippen LogP contribution in [-0.4, -0.2) is 36.4 Å². The number of halogens is 1. The Morgan fingerprint density at radius 1 is 1.17 bits per heavy atom. The Balaban J connectivity index is 1.76. The molecule has 0 aliphatic heterocycles. The quantitative estimate of drug-likeness (QED) is 0.835. The van der Waals surface area contributed by atoms with Gasteiger partial charge in [-0.1, -0.05) is 11.6 Å². The molecule has 126 valence electrons. The van der Waals surface area contributed by atoms with Crippen molar-refractivity contribution in [2.45, 2.75) is 18.9 Å². The Hall–Kier alpha value is -2.54. The summed E-state index contributed by atoms with van der Waals surface area (Å²) in [5.41, 5.74) is 0.913. The summed E-state index contributed by atoms with van der Waals surface area (Å²) in [6, 6.07) is 6.93. The van der Waals surface area contributed by atoms with Crippen LogP contribution in [0.25, 0.3) is 0 Å². The average Bonchev–Trinajstić information content (AvgIpc) is 3.40. The summed E-state index contributed by atoms with van der Waals surface area (Å²) >= 11 is 6.08. The van der Waals surface area contributed by atoms with Gasteiger partial charge >= 0.3 is 0 Å². The molecular weight excluding hydrogens is 332 g/mol. The highest BCUT2D eigenvalue weighted by Crippen LogP contribution is 2.36. The van der Waals surface area contributed by atoms with Gasteiger partial charge in [0.25, 0.3) is 5.91 Å². The van der Waals surface area contributed by atoms with Gasteiger partial charge < -0.3 is 20.1 Å². The van der Waals surface area contributed by atoms with Crippen molar-refractivity contribution in [1.82, 2.24) is 15.5 Å². The molecule has 7 nitrogen and oxygen atoms in total. The Kier molecular flexibility index (Phi) is 4.71. The highest BCUT2D eigenvalue weighted by Gasteiger charge is 2.24. The van der Waals surface area contributed by atoms with Crippen LogP contribution in [0.2, 0.25) is 5.02 Å². The Labute approximate surface area is 144 Å². The summed E-state index contributed by atoms with van der Waals surface area (Å²) in [5, 5.41) is 14.4. The number of nitrogens with zero attached hydrogens (tertiary/aromatic N) is 2. The van der Waals surface area contributed by atoms with E-state index in [9.17, 15) is 4.79 Å². The molecule has 1 heterocycles. The predicted molar refractivity (Wildman–Crippen MR) is 90.4 cm³/mol. The number of methoxy groups -OCH3 is 2. The number of ether oxygens (including phenoxy) is 2. The summed E-state index contributed by atoms with van der Waals surface area (Å²) in [4.78, 5) is 11.9. The number of benzene rings is 1. The molecule has 1 aromatic carbocycles. The second-order valence-electron chi connectivity index (χ2n) is 5.36. The molecule has 24 heavy (non-hydrogen) atoms. The molecule has 0 spiro atoms. The zero-order chi connectivity index (χ0) is 17.1. The van der Waals surface area contributed by atoms with Crippen LogP contribution in [0.3, 0.4) is 0 Å². The van der Waals surface area contributed by atoms with E-state index in [1.165, 1.54) is 7.11 Å². The third kappa shape index (κ3) is 3.68. The number of nitrogens with one attached hydrogen (secondary N) is 2. The first-order chi connectivity index (χ1) is 11.6. The van der Waals surface area contributed by atoms with E-state index in [0.29, 0.717) is 28.0 Å². The number of amides is 1. The smallest absolute Gasteiger partial charge is 0.272 e. The molecule has 1 saturated carbocycles. The maximum absolute atomic E-state index is 11.9. The van der Waals surface area contributed by atoms with E-state index < -0.39 is 0 Å². The highest BCUT2D eigenvalue weighted by atomic mass is 35.5. The highest BCUT2D eigenvalue weighted by molar-refractivity contribution is 6.32. The van der Waals surface area contributed by atoms with Crippen molar-refractivity contribution in [3.05, 3.63) is 35.0 Å². The van der Waals surface area contributed by atoms with Gasteiger partial charge in [0.05, 0.1) is 24.9 Å². The van der Waals surface area contributed by atoms with E-state index in [0.717, 1.165) is 12.8 Å². The van der Waals surface area contributed by atoms with Gasteiger partial charge in [-0.3, -0.25) is 4.79 Å². The Bertz CT molecular complexity index is 748. The second-order valence-corrected chi connectivity index (χ2v) is 5.77. The average molecular weight is 349 g/mol. The summed E-state index contributed by atoms with van der Waals surface area (Å²) in [5.74, 6) is 1.31. The van der Waals surface area contributed by atoms with Crippen LogP contribution in [0.4, 0.5) is 11.5 Å². The molecule has 0 unspecified atom stereocenters. The molecule has 2 N–H and O–H groups in total. The first kappa shape index (κ1) is 16.3. The number of anilines is 2. The van der Waals surface area contributed by atoms with Gasteiger partial charge in [0, 0.05) is 18.2 Å². The molecule has 3 rings (SSSR count). The van der Waals surface area contributed by atoms with Crippen LogP contribution in [-0.2, 0) is 0 Å². The first-order valence-corrected chi connectivity index (χ1v) is 7.81. The lowest BCUT2D eigenvalue weighted by Gasteiger charge is -2.13. The van der Waals surface area contributed by atoms with Crippen molar-refractivity contribution in [1.29, 1.82) is 0 Å². The number of hydrogen-bond donors (Lipinski definition) is 2. The second kappa shape index (κ2) is 6.92. The van der Waals surface area contributed by atoms with Gasteiger partial charge in [0.1, 0.15) is 11.5 Å². The maximum Gasteiger partial charge on any atom is 0.272 e. The van der Waals surface area contributed by atoms with E-state index in [1.54, 1.807) is 31.4 Å². The van der Waals surface area contributed by atoms with Gasteiger partial charge in [-0.15, -0.1) is 10.2 Å². The molecule has 0 radical (unpaired) electrons. The van der Waals surface area contributed by atoms with Gasteiger partial charge in [0.15, 0.2) is 11.5 Å². The van der Waals surface area contributed by atoms with Gasteiger partial charge in [-0.05, 0) is 25.0 Å². The fourth-order valence-electron chi connectivity index (χ4n) is 2.10. The molecule has 1 amide bonds. The lowest BCUT2D eigenvalue weighted by Crippen LogP contribution is -2.26. The Morgan fingerprint density at radius 3 is 2.50 bits per heavy atom. The molecule has 2 aromatic rings. The minimum atomic E-state index is -0.206. The fourth-order valence-corrected chi connectivity index (χ4v) is 2.33.